The lowest BCUT2D eigenvalue weighted by molar-refractivity contribution is 0.0282. The van der Waals surface area contributed by atoms with E-state index in [0.717, 1.165) is 12.8 Å². The van der Waals surface area contributed by atoms with Gasteiger partial charge in [0.15, 0.2) is 11.6 Å². The average Bonchev–Trinajstić information content (AvgIpc) is 2.24. The normalized spacial score (nSPS) is 17.6. The highest BCUT2D eigenvalue weighted by Crippen LogP contribution is 2.41. The van der Waals surface area contributed by atoms with E-state index in [2.05, 4.69) is 10.3 Å². The van der Waals surface area contributed by atoms with E-state index in [1.54, 1.807) is 7.11 Å². The average molecular weight is 259 g/mol. The number of hydrogen-bond acceptors (Lipinski definition) is 3. The number of ether oxygens (including phenoxy) is 1. The van der Waals surface area contributed by atoms with Crippen molar-refractivity contribution < 1.29 is 9.13 Å². The largest absolute Gasteiger partial charge is 0.384 e. The fourth-order valence-corrected chi connectivity index (χ4v) is 2.32. The number of pyridine rings is 1. The van der Waals surface area contributed by atoms with Crippen molar-refractivity contribution >= 4 is 17.4 Å². The van der Waals surface area contributed by atoms with Crippen LogP contribution >= 0.6 is 11.6 Å². The molecule has 1 aromatic rings. The van der Waals surface area contributed by atoms with Crippen molar-refractivity contribution in [3.63, 3.8) is 0 Å². The van der Waals surface area contributed by atoms with Crippen LogP contribution in [-0.2, 0) is 4.74 Å². The number of aromatic nitrogens is 1. The molecule has 0 unspecified atom stereocenters. The summed E-state index contributed by atoms with van der Waals surface area (Å²) >= 11 is 5.64. The van der Waals surface area contributed by atoms with Gasteiger partial charge in [-0.1, -0.05) is 18.0 Å². The first kappa shape index (κ1) is 12.6. The van der Waals surface area contributed by atoms with E-state index in [1.165, 1.54) is 18.7 Å². The maximum absolute atomic E-state index is 13.5. The number of nitrogens with zero attached hydrogens (tertiary/aromatic N) is 1. The first-order valence-electron chi connectivity index (χ1n) is 5.69. The fraction of sp³-hybridized carbons (Fsp3) is 0.583. The predicted octanol–water partition coefficient (Wildman–Crippen LogP) is 3.10. The van der Waals surface area contributed by atoms with E-state index in [0.29, 0.717) is 18.2 Å². The van der Waals surface area contributed by atoms with Crippen molar-refractivity contribution in [3.8, 4) is 0 Å². The molecule has 0 aliphatic heterocycles. The monoisotopic (exact) mass is 258 g/mol. The minimum Gasteiger partial charge on any atom is -0.384 e. The Morgan fingerprint density at radius 3 is 2.88 bits per heavy atom. The minimum absolute atomic E-state index is 0.141. The highest BCUT2D eigenvalue weighted by Gasteiger charge is 2.36. The Bertz CT molecular complexity index is 396. The molecular weight excluding hydrogens is 243 g/mol. The van der Waals surface area contributed by atoms with Gasteiger partial charge in [-0.3, -0.25) is 0 Å². The van der Waals surface area contributed by atoms with E-state index in [-0.39, 0.29) is 11.2 Å². The number of rotatable bonds is 5. The molecule has 0 saturated heterocycles. The molecule has 0 atom stereocenters. The number of nitrogens with one attached hydrogen (secondary N) is 1. The van der Waals surface area contributed by atoms with Crippen LogP contribution in [-0.4, -0.2) is 25.2 Å². The lowest BCUT2D eigenvalue weighted by atomic mass is 9.69. The third-order valence-electron chi connectivity index (χ3n) is 3.30. The van der Waals surface area contributed by atoms with E-state index in [9.17, 15) is 4.39 Å². The number of hydrogen-bond donors (Lipinski definition) is 1. The van der Waals surface area contributed by atoms with Crippen LogP contribution in [0.1, 0.15) is 19.3 Å². The van der Waals surface area contributed by atoms with Crippen molar-refractivity contribution in [2.75, 3.05) is 25.6 Å². The zero-order chi connectivity index (χ0) is 12.3. The van der Waals surface area contributed by atoms with Gasteiger partial charge < -0.3 is 10.1 Å². The van der Waals surface area contributed by atoms with Gasteiger partial charge in [0.1, 0.15) is 0 Å². The summed E-state index contributed by atoms with van der Waals surface area (Å²) < 4.78 is 18.7. The Labute approximate surface area is 105 Å². The molecule has 1 saturated carbocycles. The maximum atomic E-state index is 13.5. The van der Waals surface area contributed by atoms with Gasteiger partial charge in [-0.05, 0) is 18.9 Å². The van der Waals surface area contributed by atoms with Crippen molar-refractivity contribution in [1.29, 1.82) is 0 Å². The van der Waals surface area contributed by atoms with Crippen LogP contribution in [0.15, 0.2) is 12.3 Å². The standard InChI is InChI=1S/C12H16ClFN2O/c1-17-8-12(3-2-4-12)7-16-11-10(14)5-9(13)6-15-11/h5-6H,2-4,7-8H2,1H3,(H,15,16). The maximum Gasteiger partial charge on any atom is 0.166 e. The number of halogens is 2. The lowest BCUT2D eigenvalue weighted by Gasteiger charge is -2.41. The molecule has 5 heteroatoms. The Hall–Kier alpha value is -0.870. The summed E-state index contributed by atoms with van der Waals surface area (Å²) in [5.74, 6) is -0.152. The van der Waals surface area contributed by atoms with E-state index in [4.69, 9.17) is 16.3 Å². The summed E-state index contributed by atoms with van der Waals surface area (Å²) in [6, 6.07) is 1.26. The van der Waals surface area contributed by atoms with Crippen LogP contribution in [0.2, 0.25) is 5.02 Å². The Kier molecular flexibility index (Phi) is 3.84. The first-order chi connectivity index (χ1) is 8.15. The topological polar surface area (TPSA) is 34.1 Å². The molecule has 17 heavy (non-hydrogen) atoms. The third kappa shape index (κ3) is 2.87. The Balaban J connectivity index is 1.97. The smallest absolute Gasteiger partial charge is 0.166 e. The van der Waals surface area contributed by atoms with Gasteiger partial charge in [0.05, 0.1) is 11.6 Å². The zero-order valence-corrected chi connectivity index (χ0v) is 10.6. The molecule has 2 rings (SSSR count). The van der Waals surface area contributed by atoms with Gasteiger partial charge in [0.25, 0.3) is 0 Å². The van der Waals surface area contributed by atoms with Gasteiger partial charge >= 0.3 is 0 Å². The molecule has 0 bridgehead atoms. The molecule has 1 heterocycles. The molecule has 1 N–H and O–H groups in total. The molecule has 1 aliphatic carbocycles. The SMILES string of the molecule is COCC1(CNc2ncc(Cl)cc2F)CCC1. The zero-order valence-electron chi connectivity index (χ0n) is 9.80. The molecule has 0 radical (unpaired) electrons. The second-order valence-electron chi connectivity index (χ2n) is 4.62. The van der Waals surface area contributed by atoms with Crippen molar-refractivity contribution in [3.05, 3.63) is 23.1 Å². The highest BCUT2D eigenvalue weighted by atomic mass is 35.5. The molecule has 0 amide bonds. The third-order valence-corrected chi connectivity index (χ3v) is 3.51. The number of methoxy groups -OCH3 is 1. The summed E-state index contributed by atoms with van der Waals surface area (Å²) in [6.45, 7) is 1.39. The molecule has 1 fully saturated rings. The molecule has 0 aromatic carbocycles. The first-order valence-corrected chi connectivity index (χ1v) is 6.07. The van der Waals surface area contributed by atoms with Crippen molar-refractivity contribution in [2.45, 2.75) is 19.3 Å². The van der Waals surface area contributed by atoms with E-state index >= 15 is 0 Å². The molecule has 0 spiro atoms. The predicted molar refractivity (Wildman–Crippen MR) is 65.9 cm³/mol. The van der Waals surface area contributed by atoms with E-state index < -0.39 is 5.82 Å². The van der Waals surface area contributed by atoms with Gasteiger partial charge in [0.2, 0.25) is 0 Å². The second kappa shape index (κ2) is 5.19. The van der Waals surface area contributed by atoms with Gasteiger partial charge in [-0.2, -0.15) is 0 Å². The van der Waals surface area contributed by atoms with Gasteiger partial charge in [0, 0.05) is 25.3 Å². The molecular formula is C12H16ClFN2O. The summed E-state index contributed by atoms with van der Waals surface area (Å²) in [7, 11) is 1.70. The Morgan fingerprint density at radius 1 is 1.59 bits per heavy atom. The van der Waals surface area contributed by atoms with Gasteiger partial charge in [-0.15, -0.1) is 0 Å². The molecule has 94 valence electrons. The quantitative estimate of drug-likeness (QED) is 0.881. The van der Waals surface area contributed by atoms with Crippen molar-refractivity contribution in [1.82, 2.24) is 4.98 Å². The minimum atomic E-state index is -0.413. The second-order valence-corrected chi connectivity index (χ2v) is 5.06. The molecule has 1 aliphatic rings. The van der Waals surface area contributed by atoms with Crippen LogP contribution in [0.4, 0.5) is 10.2 Å². The van der Waals surface area contributed by atoms with Crippen LogP contribution in [0, 0.1) is 11.2 Å². The fourth-order valence-electron chi connectivity index (χ4n) is 2.17. The summed E-state index contributed by atoms with van der Waals surface area (Å²) in [5, 5.41) is 3.35. The summed E-state index contributed by atoms with van der Waals surface area (Å²) in [4.78, 5) is 3.94. The van der Waals surface area contributed by atoms with Crippen LogP contribution in [0.25, 0.3) is 0 Å². The van der Waals surface area contributed by atoms with Crippen LogP contribution < -0.4 is 5.32 Å². The number of anilines is 1. The van der Waals surface area contributed by atoms with E-state index in [1.807, 2.05) is 0 Å². The Morgan fingerprint density at radius 2 is 2.35 bits per heavy atom. The highest BCUT2D eigenvalue weighted by molar-refractivity contribution is 6.30. The molecule has 1 aromatic heterocycles. The lowest BCUT2D eigenvalue weighted by Crippen LogP contribution is -2.40. The molecule has 3 nitrogen and oxygen atoms in total. The van der Waals surface area contributed by atoms with Crippen LogP contribution in [0.3, 0.4) is 0 Å². The van der Waals surface area contributed by atoms with Crippen LogP contribution in [0.5, 0.6) is 0 Å². The van der Waals surface area contributed by atoms with Crippen molar-refractivity contribution in [2.24, 2.45) is 5.41 Å². The summed E-state index contributed by atoms with van der Waals surface area (Å²) in [5.41, 5.74) is 0.141. The summed E-state index contributed by atoms with van der Waals surface area (Å²) in [6.07, 6.45) is 4.88. The van der Waals surface area contributed by atoms with Gasteiger partial charge in [-0.25, -0.2) is 9.37 Å².